The molecule has 2 aliphatic heterocycles. The second-order valence-corrected chi connectivity index (χ2v) is 15.3. The second kappa shape index (κ2) is 16.2. The predicted molar refractivity (Wildman–Crippen MR) is 185 cm³/mol. The van der Waals surface area contributed by atoms with E-state index in [1.54, 1.807) is 25.5 Å². The van der Waals surface area contributed by atoms with Crippen LogP contribution < -0.4 is 20.3 Å². The van der Waals surface area contributed by atoms with Crippen molar-refractivity contribution in [3.8, 4) is 22.9 Å². The van der Waals surface area contributed by atoms with Crippen LogP contribution in [0.5, 0.6) is 11.6 Å². The molecule has 3 aromatic rings. The Morgan fingerprint density at radius 1 is 0.957 bits per heavy atom. The third-order valence-electron chi connectivity index (χ3n) is 8.39. The van der Waals surface area contributed by atoms with E-state index < -0.39 is 9.84 Å². The van der Waals surface area contributed by atoms with Crippen LogP contribution in [-0.4, -0.2) is 111 Å². The SMILES string of the molecule is CNC(=O)NCC1CCN(Cc2cc(Oc3cnc(N4CCN(CCCS(C)(=O)=O)CC4)nc3)nc(-c3cc(Cl)cc(Cl)c3)c2)CC1. The lowest BCUT2D eigenvalue weighted by atomic mass is 9.96. The van der Waals surface area contributed by atoms with Gasteiger partial charge in [0.15, 0.2) is 5.75 Å². The number of halogens is 2. The summed E-state index contributed by atoms with van der Waals surface area (Å²) in [5, 5.41) is 6.56. The summed E-state index contributed by atoms with van der Waals surface area (Å²) >= 11 is 12.7. The molecule has 2 fully saturated rings. The van der Waals surface area contributed by atoms with Crippen molar-refractivity contribution >= 4 is 45.0 Å². The van der Waals surface area contributed by atoms with Crippen LogP contribution in [0, 0.1) is 5.92 Å². The number of hydrogen-bond acceptors (Lipinski definition) is 10. The number of aromatic nitrogens is 3. The maximum absolute atomic E-state index is 11.6. The number of amides is 2. The van der Waals surface area contributed by atoms with E-state index in [-0.39, 0.29) is 11.8 Å². The highest BCUT2D eigenvalue weighted by Gasteiger charge is 2.22. The lowest BCUT2D eigenvalue weighted by molar-refractivity contribution is 0.175. The monoisotopic (exact) mass is 704 g/mol. The Morgan fingerprint density at radius 2 is 1.64 bits per heavy atom. The summed E-state index contributed by atoms with van der Waals surface area (Å²) in [5.41, 5.74) is 2.52. The Labute approximate surface area is 286 Å². The van der Waals surface area contributed by atoms with Gasteiger partial charge in [0.1, 0.15) is 9.84 Å². The van der Waals surface area contributed by atoms with Gasteiger partial charge in [-0.05, 0) is 74.6 Å². The summed E-state index contributed by atoms with van der Waals surface area (Å²) in [7, 11) is -1.32. The maximum Gasteiger partial charge on any atom is 0.314 e. The Balaban J connectivity index is 1.23. The van der Waals surface area contributed by atoms with E-state index in [9.17, 15) is 13.2 Å². The fourth-order valence-corrected chi connectivity index (χ4v) is 7.03. The lowest BCUT2D eigenvalue weighted by Crippen LogP contribution is -2.47. The van der Waals surface area contributed by atoms with E-state index in [4.69, 9.17) is 32.9 Å². The van der Waals surface area contributed by atoms with E-state index in [2.05, 4.69) is 35.3 Å². The molecule has 254 valence electrons. The zero-order valence-electron chi connectivity index (χ0n) is 26.8. The summed E-state index contributed by atoms with van der Waals surface area (Å²) in [6.45, 7) is 7.15. The standard InChI is InChI=1S/C32H42Cl2N8O4S/c1-35-32(43)38-19-23-4-7-41(8-5-23)22-24-14-29(25-16-26(33)18-27(34)17-25)39-30(15-24)46-28-20-36-31(37-21-28)42-11-9-40(10-12-42)6-3-13-47(2,44)45/h14-18,20-21,23H,3-13,19,22H2,1-2H3,(H2,35,38,43). The van der Waals surface area contributed by atoms with Crippen molar-refractivity contribution < 1.29 is 17.9 Å². The summed E-state index contributed by atoms with van der Waals surface area (Å²) in [5.74, 6) is 2.16. The minimum atomic E-state index is -2.94. The van der Waals surface area contributed by atoms with Crippen LogP contribution >= 0.6 is 23.2 Å². The van der Waals surface area contributed by atoms with Crippen LogP contribution in [0.1, 0.15) is 24.8 Å². The maximum atomic E-state index is 11.6. The van der Waals surface area contributed by atoms with E-state index in [1.807, 2.05) is 24.3 Å². The summed E-state index contributed by atoms with van der Waals surface area (Å²) in [6, 6.07) is 9.17. The number of carbonyl (C=O) groups excluding carboxylic acids is 1. The number of piperazine rings is 1. The van der Waals surface area contributed by atoms with Gasteiger partial charge in [-0.2, -0.15) is 0 Å². The zero-order valence-corrected chi connectivity index (χ0v) is 29.1. The molecule has 0 spiro atoms. The van der Waals surface area contributed by atoms with Gasteiger partial charge in [0.2, 0.25) is 11.8 Å². The molecular weight excluding hydrogens is 663 g/mol. The van der Waals surface area contributed by atoms with E-state index >= 15 is 0 Å². The molecule has 12 nitrogen and oxygen atoms in total. The van der Waals surface area contributed by atoms with Crippen LogP contribution in [-0.2, 0) is 16.4 Å². The largest absolute Gasteiger partial charge is 0.436 e. The number of hydrogen-bond donors (Lipinski definition) is 2. The summed E-state index contributed by atoms with van der Waals surface area (Å²) in [6.07, 6.45) is 7.22. The van der Waals surface area contributed by atoms with Crippen LogP contribution in [0.3, 0.4) is 0 Å². The quantitative estimate of drug-likeness (QED) is 0.281. The normalized spacial score (nSPS) is 16.6. The highest BCUT2D eigenvalue weighted by Crippen LogP contribution is 2.31. The van der Waals surface area contributed by atoms with Crippen LogP contribution in [0.2, 0.25) is 10.0 Å². The van der Waals surface area contributed by atoms with Crippen molar-refractivity contribution in [3.05, 3.63) is 58.3 Å². The first-order valence-electron chi connectivity index (χ1n) is 15.8. The Kier molecular flexibility index (Phi) is 12.1. The van der Waals surface area contributed by atoms with Gasteiger partial charge < -0.3 is 20.3 Å². The number of ether oxygens (including phenoxy) is 1. The number of nitrogens with one attached hydrogen (secondary N) is 2. The highest BCUT2D eigenvalue weighted by atomic mass is 35.5. The van der Waals surface area contributed by atoms with E-state index in [1.165, 1.54) is 6.26 Å². The van der Waals surface area contributed by atoms with Gasteiger partial charge >= 0.3 is 6.03 Å². The molecule has 0 radical (unpaired) electrons. The molecule has 2 aliphatic rings. The van der Waals surface area contributed by atoms with Crippen molar-refractivity contribution in [2.45, 2.75) is 25.8 Å². The van der Waals surface area contributed by atoms with Crippen LogP contribution in [0.15, 0.2) is 42.7 Å². The average molecular weight is 706 g/mol. The number of sulfone groups is 1. The third-order valence-corrected chi connectivity index (χ3v) is 9.86. The molecule has 2 amide bonds. The molecule has 0 atom stereocenters. The van der Waals surface area contributed by atoms with E-state index in [0.29, 0.717) is 58.7 Å². The smallest absolute Gasteiger partial charge is 0.314 e. The molecule has 5 rings (SSSR count). The number of urea groups is 1. The van der Waals surface area contributed by atoms with Crippen LogP contribution in [0.4, 0.5) is 10.7 Å². The minimum absolute atomic E-state index is 0.149. The molecule has 4 heterocycles. The van der Waals surface area contributed by atoms with Gasteiger partial charge in [0.05, 0.1) is 23.8 Å². The van der Waals surface area contributed by atoms with Gasteiger partial charge in [-0.15, -0.1) is 0 Å². The number of carbonyl (C=O) groups is 1. The third kappa shape index (κ3) is 10.9. The number of benzene rings is 1. The lowest BCUT2D eigenvalue weighted by Gasteiger charge is -2.34. The number of anilines is 1. The first-order chi connectivity index (χ1) is 22.5. The average Bonchev–Trinajstić information content (AvgIpc) is 3.04. The molecule has 0 unspecified atom stereocenters. The Hall–Kier alpha value is -3.23. The molecule has 0 bridgehead atoms. The van der Waals surface area contributed by atoms with Gasteiger partial charge in [-0.3, -0.25) is 9.80 Å². The molecular formula is C32H42Cl2N8O4S. The first-order valence-corrected chi connectivity index (χ1v) is 18.6. The van der Waals surface area contributed by atoms with E-state index in [0.717, 1.165) is 69.8 Å². The molecule has 1 aromatic carbocycles. The summed E-state index contributed by atoms with van der Waals surface area (Å²) in [4.78, 5) is 32.3. The second-order valence-electron chi connectivity index (χ2n) is 12.2. The molecule has 0 saturated carbocycles. The fourth-order valence-electron chi connectivity index (χ4n) is 5.85. The number of piperidine rings is 1. The fraction of sp³-hybridized carbons (Fsp3) is 0.500. The Bertz CT molecular complexity index is 1590. The van der Waals surface area contributed by atoms with Crippen molar-refractivity contribution in [2.24, 2.45) is 5.92 Å². The number of likely N-dealkylation sites (tertiary alicyclic amines) is 1. The summed E-state index contributed by atoms with van der Waals surface area (Å²) < 4.78 is 29.1. The molecule has 2 saturated heterocycles. The van der Waals surface area contributed by atoms with Gasteiger partial charge in [-0.1, -0.05) is 23.2 Å². The van der Waals surface area contributed by atoms with Crippen molar-refractivity contribution in [3.63, 3.8) is 0 Å². The van der Waals surface area contributed by atoms with Gasteiger partial charge in [0.25, 0.3) is 0 Å². The molecule has 47 heavy (non-hydrogen) atoms. The number of rotatable bonds is 12. The number of nitrogens with zero attached hydrogens (tertiary/aromatic N) is 6. The molecule has 2 N–H and O–H groups in total. The number of pyridine rings is 1. The van der Waals surface area contributed by atoms with Crippen molar-refractivity contribution in [2.75, 3.05) is 76.3 Å². The predicted octanol–water partition coefficient (Wildman–Crippen LogP) is 4.34. The van der Waals surface area contributed by atoms with Crippen molar-refractivity contribution in [1.29, 1.82) is 0 Å². The van der Waals surface area contributed by atoms with Crippen molar-refractivity contribution in [1.82, 2.24) is 35.4 Å². The molecule has 2 aromatic heterocycles. The molecule has 15 heteroatoms. The Morgan fingerprint density at radius 3 is 2.28 bits per heavy atom. The first kappa shape index (κ1) is 35.1. The van der Waals surface area contributed by atoms with Gasteiger partial charge in [0, 0.05) is 74.2 Å². The topological polar surface area (TPSA) is 133 Å². The minimum Gasteiger partial charge on any atom is -0.436 e. The van der Waals surface area contributed by atoms with Gasteiger partial charge in [-0.25, -0.2) is 28.2 Å². The molecule has 0 aliphatic carbocycles. The highest BCUT2D eigenvalue weighted by molar-refractivity contribution is 7.90. The van der Waals surface area contributed by atoms with Crippen LogP contribution in [0.25, 0.3) is 11.3 Å². The zero-order chi connectivity index (χ0) is 33.4.